The van der Waals surface area contributed by atoms with Gasteiger partial charge in [-0.05, 0) is 24.1 Å². The highest BCUT2D eigenvalue weighted by molar-refractivity contribution is 7.88. The lowest BCUT2D eigenvalue weighted by atomic mass is 10.2. The van der Waals surface area contributed by atoms with Crippen molar-refractivity contribution in [3.63, 3.8) is 0 Å². The van der Waals surface area contributed by atoms with E-state index in [4.69, 9.17) is 5.26 Å². The first-order chi connectivity index (χ1) is 7.57. The van der Waals surface area contributed by atoms with E-state index in [1.165, 1.54) is 0 Å². The second kappa shape index (κ2) is 5.64. The molecule has 0 radical (unpaired) electrons. The third-order valence-corrected chi connectivity index (χ3v) is 3.37. The van der Waals surface area contributed by atoms with E-state index in [2.05, 4.69) is 4.72 Å². The van der Waals surface area contributed by atoms with E-state index in [0.29, 0.717) is 17.7 Å². The number of benzene rings is 1. The van der Waals surface area contributed by atoms with Crippen molar-refractivity contribution in [2.45, 2.75) is 19.1 Å². The molecule has 0 amide bonds. The van der Waals surface area contributed by atoms with Crippen LogP contribution in [0.3, 0.4) is 0 Å². The molecule has 0 unspecified atom stereocenters. The SMILES string of the molecule is CCCNS(=O)(=O)Cc1ccc(C#N)cc1. The summed E-state index contributed by atoms with van der Waals surface area (Å²) in [5.74, 6) is -0.0429. The molecule has 1 rings (SSSR count). The molecule has 86 valence electrons. The van der Waals surface area contributed by atoms with Gasteiger partial charge < -0.3 is 0 Å². The molecule has 0 saturated heterocycles. The molecule has 1 aromatic rings. The summed E-state index contributed by atoms with van der Waals surface area (Å²) in [5, 5.41) is 8.60. The lowest BCUT2D eigenvalue weighted by molar-refractivity contribution is 0.580. The zero-order valence-corrected chi connectivity index (χ0v) is 9.92. The molecule has 0 fully saturated rings. The van der Waals surface area contributed by atoms with Gasteiger partial charge in [0.2, 0.25) is 10.0 Å². The highest BCUT2D eigenvalue weighted by atomic mass is 32.2. The topological polar surface area (TPSA) is 70.0 Å². The largest absolute Gasteiger partial charge is 0.215 e. The van der Waals surface area contributed by atoms with Crippen molar-refractivity contribution >= 4 is 10.0 Å². The monoisotopic (exact) mass is 238 g/mol. The van der Waals surface area contributed by atoms with Gasteiger partial charge in [0.05, 0.1) is 17.4 Å². The minimum Gasteiger partial charge on any atom is -0.215 e. The van der Waals surface area contributed by atoms with E-state index >= 15 is 0 Å². The predicted octanol–water partition coefficient (Wildman–Crippen LogP) is 1.39. The van der Waals surface area contributed by atoms with Crippen molar-refractivity contribution in [3.8, 4) is 6.07 Å². The van der Waals surface area contributed by atoms with E-state index in [-0.39, 0.29) is 5.75 Å². The molecule has 5 heteroatoms. The molecule has 0 aliphatic carbocycles. The van der Waals surface area contributed by atoms with Gasteiger partial charge in [-0.15, -0.1) is 0 Å². The van der Waals surface area contributed by atoms with E-state index in [1.807, 2.05) is 13.0 Å². The Morgan fingerprint density at radius 2 is 1.94 bits per heavy atom. The number of hydrogen-bond acceptors (Lipinski definition) is 3. The fourth-order valence-corrected chi connectivity index (χ4v) is 2.45. The van der Waals surface area contributed by atoms with Crippen molar-refractivity contribution < 1.29 is 8.42 Å². The average Bonchev–Trinajstić information content (AvgIpc) is 2.27. The summed E-state index contributed by atoms with van der Waals surface area (Å²) in [6, 6.07) is 8.53. The fraction of sp³-hybridized carbons (Fsp3) is 0.364. The van der Waals surface area contributed by atoms with Crippen molar-refractivity contribution in [1.82, 2.24) is 4.72 Å². The van der Waals surface area contributed by atoms with Crippen molar-refractivity contribution in [2.75, 3.05) is 6.54 Å². The second-order valence-electron chi connectivity index (χ2n) is 3.46. The zero-order chi connectivity index (χ0) is 12.0. The molecule has 1 aromatic carbocycles. The number of hydrogen-bond donors (Lipinski definition) is 1. The van der Waals surface area contributed by atoms with Crippen LogP contribution in [0, 0.1) is 11.3 Å². The number of sulfonamides is 1. The van der Waals surface area contributed by atoms with Gasteiger partial charge in [-0.1, -0.05) is 19.1 Å². The molecule has 0 saturated carbocycles. The smallest absolute Gasteiger partial charge is 0.215 e. The van der Waals surface area contributed by atoms with Crippen LogP contribution in [0.4, 0.5) is 0 Å². The molecule has 0 spiro atoms. The van der Waals surface area contributed by atoms with Crippen LogP contribution in [0.2, 0.25) is 0 Å². The maximum Gasteiger partial charge on any atom is 0.215 e. The Morgan fingerprint density at radius 3 is 2.44 bits per heavy atom. The molecule has 0 aliphatic rings. The summed E-state index contributed by atoms with van der Waals surface area (Å²) >= 11 is 0. The van der Waals surface area contributed by atoms with Gasteiger partial charge in [0.15, 0.2) is 0 Å². The Hall–Kier alpha value is -1.38. The van der Waals surface area contributed by atoms with Crippen LogP contribution in [-0.4, -0.2) is 15.0 Å². The first-order valence-corrected chi connectivity index (χ1v) is 6.69. The molecule has 1 N–H and O–H groups in total. The first-order valence-electron chi connectivity index (χ1n) is 5.04. The van der Waals surface area contributed by atoms with Gasteiger partial charge in [-0.3, -0.25) is 0 Å². The Bertz CT molecular complexity index is 472. The number of rotatable bonds is 5. The van der Waals surface area contributed by atoms with Crippen molar-refractivity contribution in [3.05, 3.63) is 35.4 Å². The van der Waals surface area contributed by atoms with Gasteiger partial charge in [0.25, 0.3) is 0 Å². The highest BCUT2D eigenvalue weighted by Gasteiger charge is 2.09. The summed E-state index contributed by atoms with van der Waals surface area (Å²) in [4.78, 5) is 0. The van der Waals surface area contributed by atoms with Gasteiger partial charge in [-0.2, -0.15) is 5.26 Å². The first kappa shape index (κ1) is 12.7. The predicted molar refractivity (Wildman–Crippen MR) is 62.1 cm³/mol. The average molecular weight is 238 g/mol. The van der Waals surface area contributed by atoms with Crippen LogP contribution < -0.4 is 4.72 Å². The van der Waals surface area contributed by atoms with Gasteiger partial charge >= 0.3 is 0 Å². The molecule has 0 atom stereocenters. The van der Waals surface area contributed by atoms with E-state index < -0.39 is 10.0 Å². The van der Waals surface area contributed by atoms with Crippen LogP contribution in [0.5, 0.6) is 0 Å². The zero-order valence-electron chi connectivity index (χ0n) is 9.10. The third-order valence-electron chi connectivity index (χ3n) is 2.01. The minimum absolute atomic E-state index is 0.0429. The highest BCUT2D eigenvalue weighted by Crippen LogP contribution is 2.06. The number of nitrogens with one attached hydrogen (secondary N) is 1. The van der Waals surface area contributed by atoms with E-state index in [1.54, 1.807) is 24.3 Å². The second-order valence-corrected chi connectivity index (χ2v) is 5.27. The fourth-order valence-electron chi connectivity index (χ4n) is 1.20. The summed E-state index contributed by atoms with van der Waals surface area (Å²) in [6.45, 7) is 2.36. The van der Waals surface area contributed by atoms with Crippen LogP contribution in [0.1, 0.15) is 24.5 Å². The maximum atomic E-state index is 11.5. The van der Waals surface area contributed by atoms with Crippen molar-refractivity contribution in [1.29, 1.82) is 5.26 Å². The van der Waals surface area contributed by atoms with Gasteiger partial charge in [0, 0.05) is 6.54 Å². The molecule has 16 heavy (non-hydrogen) atoms. The number of nitrogens with zero attached hydrogens (tertiary/aromatic N) is 1. The molecule has 0 aromatic heterocycles. The Kier molecular flexibility index (Phi) is 4.47. The summed E-state index contributed by atoms with van der Waals surface area (Å²) in [5.41, 5.74) is 1.21. The molecule has 0 heterocycles. The van der Waals surface area contributed by atoms with Crippen LogP contribution >= 0.6 is 0 Å². The molecular formula is C11H14N2O2S. The van der Waals surface area contributed by atoms with E-state index in [0.717, 1.165) is 6.42 Å². The summed E-state index contributed by atoms with van der Waals surface area (Å²) in [7, 11) is -3.25. The molecule has 0 bridgehead atoms. The molecule has 0 aliphatic heterocycles. The van der Waals surface area contributed by atoms with Crippen molar-refractivity contribution in [2.24, 2.45) is 0 Å². The molecule has 4 nitrogen and oxygen atoms in total. The summed E-state index contributed by atoms with van der Waals surface area (Å²) in [6.07, 6.45) is 0.770. The summed E-state index contributed by atoms with van der Waals surface area (Å²) < 4.78 is 25.6. The third kappa shape index (κ3) is 4.01. The van der Waals surface area contributed by atoms with Gasteiger partial charge in [0.1, 0.15) is 0 Å². The lowest BCUT2D eigenvalue weighted by Gasteiger charge is -2.05. The quantitative estimate of drug-likeness (QED) is 0.842. The van der Waals surface area contributed by atoms with Crippen LogP contribution in [0.15, 0.2) is 24.3 Å². The Balaban J connectivity index is 2.70. The minimum atomic E-state index is -3.25. The van der Waals surface area contributed by atoms with Crippen LogP contribution in [0.25, 0.3) is 0 Å². The lowest BCUT2D eigenvalue weighted by Crippen LogP contribution is -2.25. The normalized spacial score (nSPS) is 11.0. The number of nitriles is 1. The van der Waals surface area contributed by atoms with Crippen LogP contribution in [-0.2, 0) is 15.8 Å². The maximum absolute atomic E-state index is 11.5. The van der Waals surface area contributed by atoms with Gasteiger partial charge in [-0.25, -0.2) is 13.1 Å². The Morgan fingerprint density at radius 1 is 1.31 bits per heavy atom. The molecular weight excluding hydrogens is 224 g/mol. The Labute approximate surface area is 96.0 Å². The van der Waals surface area contributed by atoms with E-state index in [9.17, 15) is 8.42 Å². The standard InChI is InChI=1S/C11H14N2O2S/c1-2-7-13-16(14,15)9-11-5-3-10(8-12)4-6-11/h3-6,13H,2,7,9H2,1H3.